The summed E-state index contributed by atoms with van der Waals surface area (Å²) in [5.74, 6) is 0.625. The second-order valence-corrected chi connectivity index (χ2v) is 8.20. The van der Waals surface area contributed by atoms with Crippen LogP contribution in [-0.4, -0.2) is 51.6 Å². The van der Waals surface area contributed by atoms with E-state index in [9.17, 15) is 4.79 Å². The first kappa shape index (κ1) is 19.1. The number of amides is 1. The molecule has 0 bridgehead atoms. The monoisotopic (exact) mass is 405 g/mol. The lowest BCUT2D eigenvalue weighted by Crippen LogP contribution is -2.40. The van der Waals surface area contributed by atoms with E-state index >= 15 is 0 Å². The number of nitrogens with zero attached hydrogens (tertiary/aromatic N) is 4. The lowest BCUT2D eigenvalue weighted by atomic mass is 10.1. The fourth-order valence-electron chi connectivity index (χ4n) is 4.48. The molecule has 1 amide bonds. The van der Waals surface area contributed by atoms with Crippen LogP contribution in [0.4, 0.5) is 11.6 Å². The number of fused-ring (bicyclic) bond motifs is 1. The summed E-state index contributed by atoms with van der Waals surface area (Å²) < 4.78 is 7.65. The third-order valence-corrected chi connectivity index (χ3v) is 6.18. The first-order valence-corrected chi connectivity index (χ1v) is 10.8. The molecule has 156 valence electrons. The zero-order chi connectivity index (χ0) is 20.5. The van der Waals surface area contributed by atoms with Crippen molar-refractivity contribution >= 4 is 28.6 Å². The van der Waals surface area contributed by atoms with Crippen LogP contribution >= 0.6 is 0 Å². The van der Waals surface area contributed by atoms with Crippen LogP contribution < -0.4 is 5.32 Å². The molecule has 2 aliphatic rings. The van der Waals surface area contributed by atoms with Gasteiger partial charge in [-0.2, -0.15) is 4.98 Å². The van der Waals surface area contributed by atoms with Gasteiger partial charge < -0.3 is 19.5 Å². The fourth-order valence-corrected chi connectivity index (χ4v) is 4.48. The van der Waals surface area contributed by atoms with Crippen molar-refractivity contribution in [2.75, 3.05) is 31.6 Å². The van der Waals surface area contributed by atoms with E-state index in [0.29, 0.717) is 43.9 Å². The number of aryl methyl sites for hydroxylation is 1. The van der Waals surface area contributed by atoms with Crippen molar-refractivity contribution in [2.24, 2.45) is 0 Å². The van der Waals surface area contributed by atoms with E-state index in [4.69, 9.17) is 9.72 Å². The molecule has 3 aromatic rings. The Kier molecular flexibility index (Phi) is 5.12. The zero-order valence-corrected chi connectivity index (χ0v) is 17.3. The molecule has 1 N–H and O–H groups in total. The molecule has 2 aromatic heterocycles. The topological polar surface area (TPSA) is 72.3 Å². The Bertz CT molecular complexity index is 1050. The van der Waals surface area contributed by atoms with Crippen LogP contribution in [-0.2, 0) is 4.74 Å². The molecule has 1 aliphatic heterocycles. The van der Waals surface area contributed by atoms with E-state index in [1.807, 2.05) is 35.4 Å². The number of aromatic nitrogens is 3. The van der Waals surface area contributed by atoms with Crippen LogP contribution in [0.3, 0.4) is 0 Å². The van der Waals surface area contributed by atoms with Crippen molar-refractivity contribution in [3.63, 3.8) is 0 Å². The van der Waals surface area contributed by atoms with Gasteiger partial charge >= 0.3 is 0 Å². The highest BCUT2D eigenvalue weighted by atomic mass is 16.5. The van der Waals surface area contributed by atoms with Crippen molar-refractivity contribution in [2.45, 2.75) is 38.6 Å². The fraction of sp³-hybridized carbons (Fsp3) is 0.435. The number of carbonyl (C=O) groups is 1. The lowest BCUT2D eigenvalue weighted by molar-refractivity contribution is 0.0303. The standard InChI is InChI=1S/C23H27N5O2/c1-16-15-28(19-4-2-3-5-19)21-20(16)14-24-23(26-21)25-18-8-6-17(7-9-18)22(29)27-10-12-30-13-11-27/h6-9,14-15,19H,2-5,10-13H2,1H3,(H,24,25,26). The van der Waals surface area contributed by atoms with Gasteiger partial charge in [0.1, 0.15) is 5.65 Å². The molecular formula is C23H27N5O2. The third kappa shape index (κ3) is 3.65. The highest BCUT2D eigenvalue weighted by Gasteiger charge is 2.21. The summed E-state index contributed by atoms with van der Waals surface area (Å²) in [5, 5.41) is 4.40. The second kappa shape index (κ2) is 8.07. The summed E-state index contributed by atoms with van der Waals surface area (Å²) in [6, 6.07) is 8.05. The van der Waals surface area contributed by atoms with E-state index in [2.05, 4.69) is 28.0 Å². The number of morpholine rings is 1. The van der Waals surface area contributed by atoms with Gasteiger partial charge in [0.2, 0.25) is 5.95 Å². The molecule has 5 rings (SSSR count). The number of benzene rings is 1. The van der Waals surface area contributed by atoms with E-state index < -0.39 is 0 Å². The maximum atomic E-state index is 12.6. The Balaban J connectivity index is 1.35. The molecule has 0 unspecified atom stereocenters. The van der Waals surface area contributed by atoms with Gasteiger partial charge in [-0.1, -0.05) is 12.8 Å². The summed E-state index contributed by atoms with van der Waals surface area (Å²) in [6.45, 7) is 4.62. The molecule has 1 saturated heterocycles. The third-order valence-electron chi connectivity index (χ3n) is 6.18. The minimum absolute atomic E-state index is 0.0485. The van der Waals surface area contributed by atoms with Crippen molar-refractivity contribution in [1.82, 2.24) is 19.4 Å². The average molecular weight is 406 g/mol. The van der Waals surface area contributed by atoms with Gasteiger partial charge in [-0.05, 0) is 49.6 Å². The van der Waals surface area contributed by atoms with E-state index in [1.54, 1.807) is 0 Å². The predicted molar refractivity (Wildman–Crippen MR) is 116 cm³/mol. The van der Waals surface area contributed by atoms with Crippen LogP contribution in [0.2, 0.25) is 0 Å². The minimum Gasteiger partial charge on any atom is -0.378 e. The number of ether oxygens (including phenoxy) is 1. The van der Waals surface area contributed by atoms with Gasteiger partial charge in [0.05, 0.1) is 13.2 Å². The highest BCUT2D eigenvalue weighted by Crippen LogP contribution is 2.33. The normalized spacial score (nSPS) is 17.6. The molecule has 0 spiro atoms. The van der Waals surface area contributed by atoms with Crippen LogP contribution in [0.5, 0.6) is 0 Å². The van der Waals surface area contributed by atoms with Crippen LogP contribution in [0, 0.1) is 6.92 Å². The van der Waals surface area contributed by atoms with Crippen LogP contribution in [0.1, 0.15) is 47.6 Å². The largest absolute Gasteiger partial charge is 0.378 e. The van der Waals surface area contributed by atoms with Gasteiger partial charge in [0.25, 0.3) is 5.91 Å². The zero-order valence-electron chi connectivity index (χ0n) is 17.3. The molecule has 1 saturated carbocycles. The number of nitrogens with one attached hydrogen (secondary N) is 1. The smallest absolute Gasteiger partial charge is 0.254 e. The summed E-state index contributed by atoms with van der Waals surface area (Å²) >= 11 is 0. The molecule has 0 atom stereocenters. The van der Waals surface area contributed by atoms with Crippen LogP contribution in [0.15, 0.2) is 36.7 Å². The highest BCUT2D eigenvalue weighted by molar-refractivity contribution is 5.94. The Morgan fingerprint density at radius 1 is 1.13 bits per heavy atom. The first-order valence-electron chi connectivity index (χ1n) is 10.8. The van der Waals surface area contributed by atoms with Gasteiger partial charge in [0.15, 0.2) is 0 Å². The Labute approximate surface area is 176 Å². The molecule has 7 nitrogen and oxygen atoms in total. The first-order chi connectivity index (χ1) is 14.7. The maximum absolute atomic E-state index is 12.6. The predicted octanol–water partition coefficient (Wildman–Crippen LogP) is 4.07. The van der Waals surface area contributed by atoms with Crippen molar-refractivity contribution in [3.05, 3.63) is 47.8 Å². The quantitative estimate of drug-likeness (QED) is 0.708. The molecule has 3 heterocycles. The van der Waals surface area contributed by atoms with E-state index in [0.717, 1.165) is 16.7 Å². The molecule has 7 heteroatoms. The molecule has 1 aliphatic carbocycles. The van der Waals surface area contributed by atoms with Crippen molar-refractivity contribution in [1.29, 1.82) is 0 Å². The SMILES string of the molecule is Cc1cn(C2CCCC2)c2nc(Nc3ccc(C(=O)N4CCOCC4)cc3)ncc12. The lowest BCUT2D eigenvalue weighted by Gasteiger charge is -2.26. The van der Waals surface area contributed by atoms with Gasteiger partial charge in [-0.3, -0.25) is 4.79 Å². The minimum atomic E-state index is 0.0485. The molecule has 30 heavy (non-hydrogen) atoms. The Morgan fingerprint density at radius 2 is 1.87 bits per heavy atom. The molecule has 0 radical (unpaired) electrons. The number of carbonyl (C=O) groups excluding carboxylic acids is 1. The summed E-state index contributed by atoms with van der Waals surface area (Å²) in [7, 11) is 0. The van der Waals surface area contributed by atoms with Crippen molar-refractivity contribution < 1.29 is 9.53 Å². The molecule has 2 fully saturated rings. The maximum Gasteiger partial charge on any atom is 0.254 e. The average Bonchev–Trinajstić information content (AvgIpc) is 3.43. The number of anilines is 2. The summed E-state index contributed by atoms with van der Waals surface area (Å²) in [4.78, 5) is 23.8. The van der Waals surface area contributed by atoms with Gasteiger partial charge in [-0.25, -0.2) is 4.98 Å². The number of rotatable bonds is 4. The summed E-state index contributed by atoms with van der Waals surface area (Å²) in [5.41, 5.74) is 3.76. The van der Waals surface area contributed by atoms with Crippen molar-refractivity contribution in [3.8, 4) is 0 Å². The van der Waals surface area contributed by atoms with Gasteiger partial charge in [-0.15, -0.1) is 0 Å². The second-order valence-electron chi connectivity index (χ2n) is 8.20. The Morgan fingerprint density at radius 3 is 2.60 bits per heavy atom. The number of hydrogen-bond acceptors (Lipinski definition) is 5. The van der Waals surface area contributed by atoms with Gasteiger partial charge in [0, 0.05) is 48.2 Å². The Hall–Kier alpha value is -2.93. The molecule has 1 aromatic carbocycles. The van der Waals surface area contributed by atoms with E-state index in [1.165, 1.54) is 31.2 Å². The van der Waals surface area contributed by atoms with Crippen LogP contribution in [0.25, 0.3) is 11.0 Å². The van der Waals surface area contributed by atoms with E-state index in [-0.39, 0.29) is 5.91 Å². The number of hydrogen-bond donors (Lipinski definition) is 1. The molecular weight excluding hydrogens is 378 g/mol. The summed E-state index contributed by atoms with van der Waals surface area (Å²) in [6.07, 6.45) is 9.13.